The van der Waals surface area contributed by atoms with E-state index >= 15 is 0 Å². The minimum absolute atomic E-state index is 0.275. The third-order valence-electron chi connectivity index (χ3n) is 2.80. The zero-order chi connectivity index (χ0) is 11.5. The van der Waals surface area contributed by atoms with Gasteiger partial charge in [0.1, 0.15) is 0 Å². The Morgan fingerprint density at radius 1 is 1.40 bits per heavy atom. The largest absolute Gasteiger partial charge is 0.346 e. The van der Waals surface area contributed by atoms with Crippen molar-refractivity contribution in [3.8, 4) is 0 Å². The van der Waals surface area contributed by atoms with Crippen LogP contribution in [0.15, 0.2) is 0 Å². The second-order valence-corrected chi connectivity index (χ2v) is 6.39. The first-order chi connectivity index (χ1) is 7.06. The molecule has 0 bridgehead atoms. The van der Waals surface area contributed by atoms with Gasteiger partial charge in [-0.3, -0.25) is 4.57 Å². The highest BCUT2D eigenvalue weighted by Gasteiger charge is 2.40. The van der Waals surface area contributed by atoms with E-state index in [0.29, 0.717) is 6.61 Å². The van der Waals surface area contributed by atoms with Crippen LogP contribution in [0.25, 0.3) is 0 Å². The fourth-order valence-electron chi connectivity index (χ4n) is 1.99. The molecule has 1 saturated heterocycles. The molecule has 0 aromatic rings. The zero-order valence-corrected chi connectivity index (χ0v) is 11.2. The van der Waals surface area contributed by atoms with E-state index in [1.54, 1.807) is 0 Å². The first kappa shape index (κ1) is 13.2. The fourth-order valence-corrected chi connectivity index (χ4v) is 4.68. The molecule has 0 amide bonds. The highest BCUT2D eigenvalue weighted by atomic mass is 31.2. The van der Waals surface area contributed by atoms with E-state index in [9.17, 15) is 4.57 Å². The average Bonchev–Trinajstić information content (AvgIpc) is 2.19. The smallest absolute Gasteiger partial charge is 0.306 e. The maximum atomic E-state index is 12.8. The summed E-state index contributed by atoms with van der Waals surface area (Å²) in [4.78, 5) is 0. The summed E-state index contributed by atoms with van der Waals surface area (Å²) >= 11 is 0. The molecule has 5 heteroatoms. The summed E-state index contributed by atoms with van der Waals surface area (Å²) < 4.78 is 22.4. The Bertz CT molecular complexity index is 242. The van der Waals surface area contributed by atoms with Gasteiger partial charge in [0.15, 0.2) is 0 Å². The predicted molar refractivity (Wildman–Crippen MR) is 62.9 cm³/mol. The summed E-state index contributed by atoms with van der Waals surface area (Å²) in [5.74, 6) is 0. The SMILES string of the molecule is CCN(CC)P1(=O)OCCCN1C(C)C. The third-order valence-corrected chi connectivity index (χ3v) is 5.91. The molecule has 1 unspecified atom stereocenters. The molecule has 0 aliphatic carbocycles. The van der Waals surface area contributed by atoms with Crippen LogP contribution in [-0.4, -0.2) is 41.6 Å². The van der Waals surface area contributed by atoms with E-state index in [-0.39, 0.29) is 6.04 Å². The van der Waals surface area contributed by atoms with Gasteiger partial charge in [-0.25, -0.2) is 9.34 Å². The molecular weight excluding hydrogens is 211 g/mol. The lowest BCUT2D eigenvalue weighted by atomic mass is 10.3. The van der Waals surface area contributed by atoms with Crippen LogP contribution in [0.1, 0.15) is 34.1 Å². The van der Waals surface area contributed by atoms with Crippen LogP contribution in [0.5, 0.6) is 0 Å². The Morgan fingerprint density at radius 2 is 2.00 bits per heavy atom. The van der Waals surface area contributed by atoms with Gasteiger partial charge in [0.2, 0.25) is 0 Å². The molecule has 0 saturated carbocycles. The molecule has 4 nitrogen and oxygen atoms in total. The van der Waals surface area contributed by atoms with Gasteiger partial charge in [-0.05, 0) is 20.3 Å². The van der Waals surface area contributed by atoms with E-state index < -0.39 is 7.67 Å². The summed E-state index contributed by atoms with van der Waals surface area (Å²) in [6, 6.07) is 0.275. The molecule has 0 aromatic carbocycles. The highest BCUT2D eigenvalue weighted by molar-refractivity contribution is 7.54. The molecule has 90 valence electrons. The van der Waals surface area contributed by atoms with Gasteiger partial charge in [0.05, 0.1) is 6.61 Å². The number of hydrogen-bond acceptors (Lipinski definition) is 2. The van der Waals surface area contributed by atoms with Crippen molar-refractivity contribution in [2.45, 2.75) is 40.2 Å². The average molecular weight is 234 g/mol. The van der Waals surface area contributed by atoms with Gasteiger partial charge in [0.25, 0.3) is 0 Å². The third kappa shape index (κ3) is 2.62. The Balaban J connectivity index is 2.89. The normalized spacial score (nSPS) is 28.9. The maximum Gasteiger partial charge on any atom is 0.346 e. The molecule has 1 aliphatic rings. The van der Waals surface area contributed by atoms with Crippen molar-refractivity contribution in [1.82, 2.24) is 9.34 Å². The van der Waals surface area contributed by atoms with Gasteiger partial charge in [0, 0.05) is 25.7 Å². The molecule has 0 N–H and O–H groups in total. The number of nitrogens with zero attached hydrogens (tertiary/aromatic N) is 2. The minimum Gasteiger partial charge on any atom is -0.306 e. The lowest BCUT2D eigenvalue weighted by Gasteiger charge is -2.42. The van der Waals surface area contributed by atoms with Crippen LogP contribution in [0.3, 0.4) is 0 Å². The summed E-state index contributed by atoms with van der Waals surface area (Å²) in [5.41, 5.74) is 0. The van der Waals surface area contributed by atoms with Crippen molar-refractivity contribution in [1.29, 1.82) is 0 Å². The molecular formula is C10H23N2O2P. The monoisotopic (exact) mass is 234 g/mol. The minimum atomic E-state index is -2.72. The highest BCUT2D eigenvalue weighted by Crippen LogP contribution is 2.56. The van der Waals surface area contributed by atoms with Gasteiger partial charge in [-0.1, -0.05) is 13.8 Å². The van der Waals surface area contributed by atoms with Crippen molar-refractivity contribution in [2.24, 2.45) is 0 Å². The molecule has 0 radical (unpaired) electrons. The van der Waals surface area contributed by atoms with Crippen LogP contribution in [0.2, 0.25) is 0 Å². The molecule has 1 rings (SSSR count). The topological polar surface area (TPSA) is 32.8 Å². The molecule has 15 heavy (non-hydrogen) atoms. The lowest BCUT2D eigenvalue weighted by molar-refractivity contribution is 0.152. The molecule has 1 fully saturated rings. The molecule has 0 aromatic heterocycles. The van der Waals surface area contributed by atoms with Crippen molar-refractivity contribution >= 4 is 7.67 Å². The van der Waals surface area contributed by atoms with E-state index in [1.165, 1.54) is 0 Å². The van der Waals surface area contributed by atoms with Gasteiger partial charge >= 0.3 is 7.67 Å². The van der Waals surface area contributed by atoms with E-state index in [4.69, 9.17) is 4.52 Å². The Kier molecular flexibility index (Phi) is 4.78. The van der Waals surface area contributed by atoms with Crippen molar-refractivity contribution in [3.05, 3.63) is 0 Å². The predicted octanol–water partition coefficient (Wildman–Crippen LogP) is 2.57. The van der Waals surface area contributed by atoms with E-state index in [1.807, 2.05) is 23.2 Å². The van der Waals surface area contributed by atoms with E-state index in [2.05, 4.69) is 13.8 Å². The standard InChI is InChI=1S/C10H23N2O2P/c1-5-11(6-2)15(13)12(10(3)4)8-7-9-14-15/h10H,5-9H2,1-4H3. The summed E-state index contributed by atoms with van der Waals surface area (Å²) in [6.45, 7) is 11.3. The Labute approximate surface area is 93.1 Å². The summed E-state index contributed by atoms with van der Waals surface area (Å²) in [6.07, 6.45) is 0.976. The van der Waals surface area contributed by atoms with Crippen LogP contribution >= 0.6 is 7.67 Å². The van der Waals surface area contributed by atoms with Gasteiger partial charge < -0.3 is 4.52 Å². The fraction of sp³-hybridized carbons (Fsp3) is 1.00. The van der Waals surface area contributed by atoms with Crippen molar-refractivity contribution in [3.63, 3.8) is 0 Å². The second-order valence-electron chi connectivity index (χ2n) is 4.07. The van der Waals surface area contributed by atoms with Crippen LogP contribution < -0.4 is 0 Å². The first-order valence-electron chi connectivity index (χ1n) is 5.83. The number of hydrogen-bond donors (Lipinski definition) is 0. The molecule has 0 spiro atoms. The van der Waals surface area contributed by atoms with Gasteiger partial charge in [-0.15, -0.1) is 0 Å². The lowest BCUT2D eigenvalue weighted by Crippen LogP contribution is -2.40. The van der Waals surface area contributed by atoms with Crippen LogP contribution in [0.4, 0.5) is 0 Å². The number of rotatable bonds is 4. The quantitative estimate of drug-likeness (QED) is 0.700. The Hall–Kier alpha value is 0.110. The maximum absolute atomic E-state index is 12.8. The first-order valence-corrected chi connectivity index (χ1v) is 7.36. The zero-order valence-electron chi connectivity index (χ0n) is 10.3. The Morgan fingerprint density at radius 3 is 2.47 bits per heavy atom. The van der Waals surface area contributed by atoms with E-state index in [0.717, 1.165) is 26.1 Å². The second kappa shape index (κ2) is 5.44. The summed E-state index contributed by atoms with van der Waals surface area (Å²) in [5, 5.41) is 0. The summed E-state index contributed by atoms with van der Waals surface area (Å²) in [7, 11) is -2.72. The van der Waals surface area contributed by atoms with Crippen molar-refractivity contribution in [2.75, 3.05) is 26.2 Å². The van der Waals surface area contributed by atoms with Crippen molar-refractivity contribution < 1.29 is 9.09 Å². The van der Waals surface area contributed by atoms with Crippen LogP contribution in [-0.2, 0) is 9.09 Å². The molecule has 1 atom stereocenters. The van der Waals surface area contributed by atoms with Crippen LogP contribution in [0, 0.1) is 0 Å². The van der Waals surface area contributed by atoms with Gasteiger partial charge in [-0.2, -0.15) is 0 Å². The molecule has 1 heterocycles. The molecule has 1 aliphatic heterocycles.